The topological polar surface area (TPSA) is 75.1 Å². The van der Waals surface area contributed by atoms with Gasteiger partial charge in [0.25, 0.3) is 0 Å². The number of ketones is 3. The van der Waals surface area contributed by atoms with Crippen LogP contribution in [0.25, 0.3) is 0 Å². The van der Waals surface area contributed by atoms with E-state index >= 15 is 0 Å². The van der Waals surface area contributed by atoms with Crippen molar-refractivity contribution in [2.24, 2.45) is 11.8 Å². The summed E-state index contributed by atoms with van der Waals surface area (Å²) in [4.78, 5) is 34.4. The van der Waals surface area contributed by atoms with Crippen molar-refractivity contribution < 1.29 is 14.4 Å². The lowest BCUT2D eigenvalue weighted by Gasteiger charge is -2.24. The highest BCUT2D eigenvalue weighted by Gasteiger charge is 2.39. The van der Waals surface area contributed by atoms with Gasteiger partial charge in [-0.25, -0.2) is 0 Å². The van der Waals surface area contributed by atoms with E-state index in [0.717, 1.165) is 0 Å². The van der Waals surface area contributed by atoms with Crippen molar-refractivity contribution in [1.82, 2.24) is 0 Å². The third-order valence-electron chi connectivity index (χ3n) is 2.60. The number of Topliss-reactive ketones (excluding diaryl/α,β-unsaturated/α-hetero) is 3. The fraction of sp³-hybridized carbons (Fsp3) is 0.600. The minimum absolute atomic E-state index is 0. The zero-order chi connectivity index (χ0) is 11.6. The van der Waals surface area contributed by atoms with Crippen LogP contribution in [0.4, 0.5) is 0 Å². The SMILES string of the molecule is CCC(=O)C1C(=O)CC(C(=N)S)CC1=O.Cl. The summed E-state index contributed by atoms with van der Waals surface area (Å²) < 4.78 is 0. The number of hydrogen-bond acceptors (Lipinski definition) is 4. The second-order valence-electron chi connectivity index (χ2n) is 3.68. The van der Waals surface area contributed by atoms with Gasteiger partial charge >= 0.3 is 0 Å². The Kier molecular flexibility index (Phi) is 5.89. The zero-order valence-corrected chi connectivity index (χ0v) is 10.6. The van der Waals surface area contributed by atoms with Gasteiger partial charge in [-0.2, -0.15) is 0 Å². The molecule has 0 amide bonds. The minimum Gasteiger partial charge on any atom is -0.298 e. The average molecular weight is 264 g/mol. The molecule has 1 aliphatic rings. The van der Waals surface area contributed by atoms with Crippen LogP contribution in [0.3, 0.4) is 0 Å². The maximum absolute atomic E-state index is 11.5. The summed E-state index contributed by atoms with van der Waals surface area (Å²) in [7, 11) is 0. The lowest BCUT2D eigenvalue weighted by atomic mass is 9.78. The van der Waals surface area contributed by atoms with Crippen molar-refractivity contribution >= 4 is 47.4 Å². The molecule has 0 aromatic carbocycles. The van der Waals surface area contributed by atoms with Crippen LogP contribution in [0.5, 0.6) is 0 Å². The lowest BCUT2D eigenvalue weighted by Crippen LogP contribution is -2.39. The Bertz CT molecular complexity index is 325. The quantitative estimate of drug-likeness (QED) is 0.350. The van der Waals surface area contributed by atoms with Crippen LogP contribution in [-0.4, -0.2) is 22.4 Å². The van der Waals surface area contributed by atoms with Crippen LogP contribution >= 0.6 is 25.0 Å². The number of hydrogen-bond donors (Lipinski definition) is 2. The van der Waals surface area contributed by atoms with E-state index in [1.165, 1.54) is 0 Å². The van der Waals surface area contributed by atoms with Crippen LogP contribution in [0, 0.1) is 17.2 Å². The number of carbonyl (C=O) groups is 3. The molecule has 0 heterocycles. The van der Waals surface area contributed by atoms with E-state index in [9.17, 15) is 14.4 Å². The molecule has 1 saturated carbocycles. The first-order chi connectivity index (χ1) is 6.97. The van der Waals surface area contributed by atoms with Crippen LogP contribution < -0.4 is 0 Å². The van der Waals surface area contributed by atoms with Gasteiger partial charge in [0.2, 0.25) is 0 Å². The summed E-state index contributed by atoms with van der Waals surface area (Å²) in [5, 5.41) is 7.30. The van der Waals surface area contributed by atoms with E-state index in [-0.39, 0.29) is 54.1 Å². The molecule has 6 heteroatoms. The fourth-order valence-corrected chi connectivity index (χ4v) is 1.91. The number of carbonyl (C=O) groups excluding carboxylic acids is 3. The van der Waals surface area contributed by atoms with Crippen molar-refractivity contribution in [3.05, 3.63) is 0 Å². The highest BCUT2D eigenvalue weighted by atomic mass is 35.5. The van der Waals surface area contributed by atoms with Gasteiger partial charge in [0.1, 0.15) is 5.92 Å². The van der Waals surface area contributed by atoms with Crippen molar-refractivity contribution in [2.75, 3.05) is 0 Å². The minimum atomic E-state index is -1.07. The summed E-state index contributed by atoms with van der Waals surface area (Å²) in [6, 6.07) is 0. The molecule has 0 saturated heterocycles. The molecule has 0 unspecified atom stereocenters. The van der Waals surface area contributed by atoms with Gasteiger partial charge < -0.3 is 0 Å². The van der Waals surface area contributed by atoms with Gasteiger partial charge in [-0.1, -0.05) is 6.92 Å². The van der Waals surface area contributed by atoms with Crippen LogP contribution in [0.2, 0.25) is 0 Å². The molecular weight excluding hydrogens is 250 g/mol. The molecule has 0 aliphatic heterocycles. The molecule has 1 fully saturated rings. The van der Waals surface area contributed by atoms with Crippen molar-refractivity contribution in [1.29, 1.82) is 5.41 Å². The van der Waals surface area contributed by atoms with Crippen LogP contribution in [0.15, 0.2) is 0 Å². The lowest BCUT2D eigenvalue weighted by molar-refractivity contribution is -0.142. The van der Waals surface area contributed by atoms with Crippen molar-refractivity contribution in [3.63, 3.8) is 0 Å². The predicted octanol–water partition coefficient (Wildman–Crippen LogP) is 1.46. The molecular formula is C10H14ClNO3S. The highest BCUT2D eigenvalue weighted by Crippen LogP contribution is 2.26. The van der Waals surface area contributed by atoms with Gasteiger partial charge in [-0.3, -0.25) is 19.8 Å². The van der Waals surface area contributed by atoms with Gasteiger partial charge in [-0.05, 0) is 0 Å². The predicted molar refractivity (Wildman–Crippen MR) is 65.5 cm³/mol. The van der Waals surface area contributed by atoms with E-state index in [1.807, 2.05) is 0 Å². The number of halogens is 1. The Morgan fingerprint density at radius 1 is 1.38 bits per heavy atom. The summed E-state index contributed by atoms with van der Waals surface area (Å²) in [5.41, 5.74) is 0. The third kappa shape index (κ3) is 3.15. The molecule has 0 spiro atoms. The second-order valence-corrected chi connectivity index (χ2v) is 4.16. The third-order valence-corrected chi connectivity index (χ3v) is 2.96. The van der Waals surface area contributed by atoms with Gasteiger partial charge in [0.15, 0.2) is 17.3 Å². The normalized spacial score (nSPS) is 24.9. The first-order valence-electron chi connectivity index (χ1n) is 4.82. The molecule has 90 valence electrons. The monoisotopic (exact) mass is 263 g/mol. The van der Waals surface area contributed by atoms with E-state index in [2.05, 4.69) is 12.6 Å². The maximum Gasteiger partial charge on any atom is 0.151 e. The van der Waals surface area contributed by atoms with Crippen LogP contribution in [-0.2, 0) is 14.4 Å². The largest absolute Gasteiger partial charge is 0.298 e. The molecule has 1 aliphatic carbocycles. The standard InChI is InChI=1S/C10H13NO3S.ClH/c1-2-6(12)9-7(13)3-5(10(11)15)4-8(9)14;/h5,9H,2-4H2,1H3,(H2,11,15);1H. The van der Waals surface area contributed by atoms with E-state index in [4.69, 9.17) is 5.41 Å². The second kappa shape index (κ2) is 6.15. The van der Waals surface area contributed by atoms with E-state index in [1.54, 1.807) is 6.92 Å². The number of thiol groups is 1. The highest BCUT2D eigenvalue weighted by molar-refractivity contribution is 7.96. The van der Waals surface area contributed by atoms with Crippen molar-refractivity contribution in [2.45, 2.75) is 26.2 Å². The van der Waals surface area contributed by atoms with Gasteiger partial charge in [0, 0.05) is 25.2 Å². The number of rotatable bonds is 3. The molecule has 0 aromatic rings. The summed E-state index contributed by atoms with van der Waals surface area (Å²) >= 11 is 3.82. The van der Waals surface area contributed by atoms with Crippen LogP contribution in [0.1, 0.15) is 26.2 Å². The molecule has 0 bridgehead atoms. The molecule has 0 radical (unpaired) electrons. The molecule has 1 rings (SSSR count). The molecule has 0 atom stereocenters. The first-order valence-corrected chi connectivity index (χ1v) is 5.27. The van der Waals surface area contributed by atoms with Gasteiger partial charge in [0.05, 0.1) is 5.04 Å². The smallest absolute Gasteiger partial charge is 0.151 e. The molecule has 16 heavy (non-hydrogen) atoms. The Hall–Kier alpha value is -0.680. The summed E-state index contributed by atoms with van der Waals surface area (Å²) in [6.45, 7) is 1.63. The van der Waals surface area contributed by atoms with Gasteiger partial charge in [-0.15, -0.1) is 25.0 Å². The zero-order valence-electron chi connectivity index (χ0n) is 8.86. The Labute approximate surface area is 105 Å². The molecule has 4 nitrogen and oxygen atoms in total. The Balaban J connectivity index is 0.00000225. The van der Waals surface area contributed by atoms with Crippen molar-refractivity contribution in [3.8, 4) is 0 Å². The Morgan fingerprint density at radius 2 is 1.81 bits per heavy atom. The summed E-state index contributed by atoms with van der Waals surface area (Å²) in [5.74, 6) is -2.52. The van der Waals surface area contributed by atoms with E-state index in [0.29, 0.717) is 0 Å². The average Bonchev–Trinajstić information content (AvgIpc) is 2.16. The first kappa shape index (κ1) is 15.3. The number of nitrogens with one attached hydrogen (secondary N) is 1. The fourth-order valence-electron chi connectivity index (χ4n) is 1.73. The summed E-state index contributed by atoms with van der Waals surface area (Å²) in [6.07, 6.45) is 0.375. The molecule has 0 aromatic heterocycles. The van der Waals surface area contributed by atoms with E-state index < -0.39 is 11.8 Å². The maximum atomic E-state index is 11.5. The Morgan fingerprint density at radius 3 is 2.12 bits per heavy atom. The molecule has 1 N–H and O–H groups in total.